The minimum atomic E-state index is -0.336. The van der Waals surface area contributed by atoms with Gasteiger partial charge in [-0.15, -0.1) is 0 Å². The van der Waals surface area contributed by atoms with Crippen LogP contribution >= 0.6 is 11.8 Å². The molecule has 0 spiro atoms. The number of hydrogen-bond donors (Lipinski definition) is 0. The fourth-order valence-corrected chi connectivity index (χ4v) is 1.64. The molecule has 1 aromatic carbocycles. The second kappa shape index (κ2) is 5.56. The molecule has 0 N–H and O–H groups in total. The molecule has 0 aliphatic rings. The Morgan fingerprint density at radius 2 is 1.87 bits per heavy atom. The Morgan fingerprint density at radius 1 is 1.27 bits per heavy atom. The Morgan fingerprint density at radius 3 is 2.33 bits per heavy atom. The number of ether oxygens (including phenoxy) is 1. The highest BCUT2D eigenvalue weighted by atomic mass is 32.2. The predicted octanol–water partition coefficient (Wildman–Crippen LogP) is 2.50. The molecular formula is C11H12O3S. The summed E-state index contributed by atoms with van der Waals surface area (Å²) in [5.41, 5.74) is 0.504. The van der Waals surface area contributed by atoms with Crippen LogP contribution in [0.3, 0.4) is 0 Å². The van der Waals surface area contributed by atoms with E-state index in [0.717, 1.165) is 16.7 Å². The topological polar surface area (TPSA) is 43.4 Å². The van der Waals surface area contributed by atoms with E-state index in [-0.39, 0.29) is 11.1 Å². The molecule has 0 saturated carbocycles. The van der Waals surface area contributed by atoms with Crippen molar-refractivity contribution < 1.29 is 14.3 Å². The van der Waals surface area contributed by atoms with Crippen LogP contribution in [0, 0.1) is 0 Å². The van der Waals surface area contributed by atoms with E-state index >= 15 is 0 Å². The van der Waals surface area contributed by atoms with Gasteiger partial charge < -0.3 is 4.74 Å². The second-order valence-electron chi connectivity index (χ2n) is 2.84. The first-order valence-corrected chi connectivity index (χ1v) is 5.40. The minimum absolute atomic E-state index is 0.0267. The van der Waals surface area contributed by atoms with Crippen molar-refractivity contribution in [3.8, 4) is 0 Å². The van der Waals surface area contributed by atoms with Crippen molar-refractivity contribution in [2.75, 3.05) is 6.61 Å². The summed E-state index contributed by atoms with van der Waals surface area (Å²) in [5.74, 6) is -0.336. The Balaban J connectivity index is 2.71. The van der Waals surface area contributed by atoms with Crippen LogP contribution in [0.5, 0.6) is 0 Å². The van der Waals surface area contributed by atoms with E-state index in [1.54, 1.807) is 31.2 Å². The summed E-state index contributed by atoms with van der Waals surface area (Å²) < 4.78 is 4.84. The summed E-state index contributed by atoms with van der Waals surface area (Å²) in [5, 5.41) is 0.0267. The molecule has 3 nitrogen and oxygen atoms in total. The maximum absolute atomic E-state index is 11.3. The Hall–Kier alpha value is -1.29. The molecular weight excluding hydrogens is 212 g/mol. The summed E-state index contributed by atoms with van der Waals surface area (Å²) in [7, 11) is 0. The van der Waals surface area contributed by atoms with Crippen molar-refractivity contribution in [3.05, 3.63) is 29.8 Å². The van der Waals surface area contributed by atoms with E-state index in [9.17, 15) is 9.59 Å². The number of carbonyl (C=O) groups is 2. The normalized spacial score (nSPS) is 9.73. The van der Waals surface area contributed by atoms with Gasteiger partial charge in [-0.1, -0.05) is 11.8 Å². The molecule has 0 aromatic heterocycles. The summed E-state index contributed by atoms with van der Waals surface area (Å²) in [6.45, 7) is 3.63. The molecule has 0 heterocycles. The summed E-state index contributed by atoms with van der Waals surface area (Å²) in [6, 6.07) is 6.78. The molecule has 1 rings (SSSR count). The molecule has 0 radical (unpaired) electrons. The first-order valence-electron chi connectivity index (χ1n) is 4.59. The number of benzene rings is 1. The van der Waals surface area contributed by atoms with Gasteiger partial charge in [0.05, 0.1) is 12.2 Å². The minimum Gasteiger partial charge on any atom is -0.462 e. The molecule has 0 amide bonds. The molecule has 0 aliphatic heterocycles. The largest absolute Gasteiger partial charge is 0.462 e. The summed E-state index contributed by atoms with van der Waals surface area (Å²) in [6.07, 6.45) is 0. The third kappa shape index (κ3) is 3.75. The van der Waals surface area contributed by atoms with Crippen molar-refractivity contribution >= 4 is 22.8 Å². The van der Waals surface area contributed by atoms with Crippen molar-refractivity contribution in [1.29, 1.82) is 0 Å². The van der Waals surface area contributed by atoms with Gasteiger partial charge >= 0.3 is 5.97 Å². The third-order valence-electron chi connectivity index (χ3n) is 1.63. The Labute approximate surface area is 92.8 Å². The predicted molar refractivity (Wildman–Crippen MR) is 58.9 cm³/mol. The number of esters is 1. The van der Waals surface area contributed by atoms with Gasteiger partial charge in [-0.25, -0.2) is 4.79 Å². The van der Waals surface area contributed by atoms with Crippen LogP contribution in [0.2, 0.25) is 0 Å². The molecule has 0 aliphatic carbocycles. The maximum atomic E-state index is 11.3. The average molecular weight is 224 g/mol. The van der Waals surface area contributed by atoms with Gasteiger partial charge in [0.1, 0.15) is 0 Å². The first kappa shape index (κ1) is 11.8. The SMILES string of the molecule is CCOC(=O)c1ccc(SC(C)=O)cc1. The van der Waals surface area contributed by atoms with Crippen molar-refractivity contribution in [1.82, 2.24) is 0 Å². The van der Waals surface area contributed by atoms with Gasteiger partial charge in [0, 0.05) is 11.8 Å². The van der Waals surface area contributed by atoms with Gasteiger partial charge in [0.25, 0.3) is 0 Å². The highest BCUT2D eigenvalue weighted by molar-refractivity contribution is 8.13. The molecule has 4 heteroatoms. The molecule has 15 heavy (non-hydrogen) atoms. The van der Waals surface area contributed by atoms with Gasteiger partial charge in [0.15, 0.2) is 5.12 Å². The molecule has 0 bridgehead atoms. The van der Waals surface area contributed by atoms with Gasteiger partial charge in [-0.3, -0.25) is 4.79 Å². The summed E-state index contributed by atoms with van der Waals surface area (Å²) in [4.78, 5) is 22.9. The van der Waals surface area contributed by atoms with E-state index in [0.29, 0.717) is 12.2 Å². The summed E-state index contributed by atoms with van der Waals surface area (Å²) >= 11 is 1.14. The number of rotatable bonds is 3. The van der Waals surface area contributed by atoms with Crippen LogP contribution in [-0.2, 0) is 9.53 Å². The van der Waals surface area contributed by atoms with E-state index < -0.39 is 0 Å². The molecule has 0 atom stereocenters. The zero-order valence-electron chi connectivity index (χ0n) is 8.65. The van der Waals surface area contributed by atoms with Crippen LogP contribution in [-0.4, -0.2) is 17.7 Å². The van der Waals surface area contributed by atoms with Gasteiger partial charge in [-0.05, 0) is 31.2 Å². The van der Waals surface area contributed by atoms with Crippen LogP contribution in [0.1, 0.15) is 24.2 Å². The lowest BCUT2D eigenvalue weighted by Crippen LogP contribution is -2.03. The lowest BCUT2D eigenvalue weighted by atomic mass is 10.2. The monoisotopic (exact) mass is 224 g/mol. The lowest BCUT2D eigenvalue weighted by molar-refractivity contribution is -0.109. The van der Waals surface area contributed by atoms with Crippen LogP contribution < -0.4 is 0 Å². The van der Waals surface area contributed by atoms with Crippen molar-refractivity contribution in [2.24, 2.45) is 0 Å². The van der Waals surface area contributed by atoms with Crippen molar-refractivity contribution in [2.45, 2.75) is 18.7 Å². The zero-order chi connectivity index (χ0) is 11.3. The Kier molecular flexibility index (Phi) is 4.37. The number of hydrogen-bond acceptors (Lipinski definition) is 4. The maximum Gasteiger partial charge on any atom is 0.338 e. The Bertz CT molecular complexity index is 357. The highest BCUT2D eigenvalue weighted by Crippen LogP contribution is 2.19. The zero-order valence-corrected chi connectivity index (χ0v) is 9.47. The van der Waals surface area contributed by atoms with Gasteiger partial charge in [-0.2, -0.15) is 0 Å². The number of carbonyl (C=O) groups excluding carboxylic acids is 2. The van der Waals surface area contributed by atoms with E-state index in [1.165, 1.54) is 6.92 Å². The highest BCUT2D eigenvalue weighted by Gasteiger charge is 2.06. The quantitative estimate of drug-likeness (QED) is 0.584. The second-order valence-corrected chi connectivity index (χ2v) is 4.09. The van der Waals surface area contributed by atoms with E-state index in [2.05, 4.69) is 0 Å². The van der Waals surface area contributed by atoms with E-state index in [1.807, 2.05) is 0 Å². The van der Waals surface area contributed by atoms with Gasteiger partial charge in [0.2, 0.25) is 0 Å². The standard InChI is InChI=1S/C11H12O3S/c1-3-14-11(13)9-4-6-10(7-5-9)15-8(2)12/h4-7H,3H2,1-2H3. The fraction of sp³-hybridized carbons (Fsp3) is 0.273. The number of thioether (sulfide) groups is 1. The third-order valence-corrected chi connectivity index (χ3v) is 2.42. The smallest absolute Gasteiger partial charge is 0.338 e. The molecule has 0 unspecified atom stereocenters. The molecule has 0 fully saturated rings. The van der Waals surface area contributed by atoms with Crippen LogP contribution in [0.4, 0.5) is 0 Å². The average Bonchev–Trinajstić information content (AvgIpc) is 2.18. The van der Waals surface area contributed by atoms with E-state index in [4.69, 9.17) is 4.74 Å². The fourth-order valence-electron chi connectivity index (χ4n) is 1.04. The molecule has 0 saturated heterocycles. The molecule has 1 aromatic rings. The van der Waals surface area contributed by atoms with Crippen LogP contribution in [0.25, 0.3) is 0 Å². The van der Waals surface area contributed by atoms with Crippen molar-refractivity contribution in [3.63, 3.8) is 0 Å². The van der Waals surface area contributed by atoms with Crippen LogP contribution in [0.15, 0.2) is 29.2 Å². The first-order chi connectivity index (χ1) is 7.13. The molecule has 80 valence electrons. The lowest BCUT2D eigenvalue weighted by Gasteiger charge is -2.02.